The number of thiocarbonyl (C=S) groups is 1. The van der Waals surface area contributed by atoms with Crippen molar-refractivity contribution in [1.82, 2.24) is 16.2 Å². The first-order valence-corrected chi connectivity index (χ1v) is 10.9. The minimum absolute atomic E-state index is 0.0619. The van der Waals surface area contributed by atoms with Crippen LogP contribution >= 0.6 is 35.2 Å². The lowest BCUT2D eigenvalue weighted by atomic mass is 10.1. The van der Waals surface area contributed by atoms with Gasteiger partial charge in [-0.3, -0.25) is 25.8 Å². The largest absolute Gasteiger partial charge is 0.507 e. The standard InChI is InChI=1S/C22H16ClN3O4S2/c1-30-13-6-7-14-17(10-13)32-19(18(14)23)21(29)24-22(31)26-25-20(28)15-8-11-4-2-3-5-12(11)9-16(15)27/h2-10,27H,1H3,(H,25,28)(H2,24,26,29,31). The van der Waals surface area contributed by atoms with Crippen LogP contribution in [-0.2, 0) is 0 Å². The molecule has 4 rings (SSSR count). The lowest BCUT2D eigenvalue weighted by molar-refractivity contribution is 0.0933. The normalized spacial score (nSPS) is 10.7. The van der Waals surface area contributed by atoms with Crippen molar-refractivity contribution in [3.8, 4) is 11.5 Å². The van der Waals surface area contributed by atoms with E-state index in [4.69, 9.17) is 28.6 Å². The Kier molecular flexibility index (Phi) is 6.13. The molecule has 0 aliphatic heterocycles. The second-order valence-electron chi connectivity index (χ2n) is 6.69. The highest BCUT2D eigenvalue weighted by Gasteiger charge is 2.19. The van der Waals surface area contributed by atoms with Crippen LogP contribution in [0.5, 0.6) is 11.5 Å². The molecule has 1 aromatic heterocycles. The summed E-state index contributed by atoms with van der Waals surface area (Å²) < 4.78 is 5.98. The molecule has 2 amide bonds. The van der Waals surface area contributed by atoms with Crippen molar-refractivity contribution in [3.63, 3.8) is 0 Å². The number of phenolic OH excluding ortho intramolecular Hbond substituents is 1. The van der Waals surface area contributed by atoms with Gasteiger partial charge in [-0.1, -0.05) is 35.9 Å². The van der Waals surface area contributed by atoms with Gasteiger partial charge in [-0.2, -0.15) is 0 Å². The van der Waals surface area contributed by atoms with Crippen LogP contribution in [0.3, 0.4) is 0 Å². The molecule has 0 aliphatic rings. The van der Waals surface area contributed by atoms with Crippen molar-refractivity contribution >= 4 is 72.9 Å². The number of rotatable bonds is 3. The number of amides is 2. The van der Waals surface area contributed by atoms with Crippen LogP contribution in [0, 0.1) is 0 Å². The summed E-state index contributed by atoms with van der Waals surface area (Å²) in [6.45, 7) is 0. The third-order valence-corrected chi connectivity index (χ3v) is 6.53. The molecule has 10 heteroatoms. The van der Waals surface area contributed by atoms with E-state index in [9.17, 15) is 14.7 Å². The molecule has 0 unspecified atom stereocenters. The zero-order chi connectivity index (χ0) is 22.8. The number of carbonyl (C=O) groups excluding carboxylic acids is 2. The van der Waals surface area contributed by atoms with Crippen LogP contribution in [0.25, 0.3) is 20.9 Å². The number of fused-ring (bicyclic) bond motifs is 2. The van der Waals surface area contributed by atoms with Crippen LogP contribution in [0.4, 0.5) is 0 Å². The van der Waals surface area contributed by atoms with E-state index >= 15 is 0 Å². The fourth-order valence-electron chi connectivity index (χ4n) is 3.10. The van der Waals surface area contributed by atoms with Crippen LogP contribution in [-0.4, -0.2) is 29.1 Å². The Balaban J connectivity index is 1.42. The highest BCUT2D eigenvalue weighted by molar-refractivity contribution is 7.80. The highest BCUT2D eigenvalue weighted by Crippen LogP contribution is 2.37. The van der Waals surface area contributed by atoms with E-state index in [1.807, 2.05) is 24.3 Å². The number of hydrogen-bond acceptors (Lipinski definition) is 6. The Labute approximate surface area is 196 Å². The van der Waals surface area contributed by atoms with Crippen molar-refractivity contribution in [2.24, 2.45) is 0 Å². The van der Waals surface area contributed by atoms with Crippen molar-refractivity contribution < 1.29 is 19.4 Å². The van der Waals surface area contributed by atoms with Gasteiger partial charge in [0, 0.05) is 10.1 Å². The van der Waals surface area contributed by atoms with Crippen LogP contribution < -0.4 is 20.9 Å². The van der Waals surface area contributed by atoms with Gasteiger partial charge in [0.2, 0.25) is 0 Å². The molecule has 4 aromatic rings. The Morgan fingerprint density at radius 1 is 1.03 bits per heavy atom. The maximum atomic E-state index is 12.6. The molecule has 0 fully saturated rings. The lowest BCUT2D eigenvalue weighted by Gasteiger charge is -2.12. The van der Waals surface area contributed by atoms with E-state index in [0.717, 1.165) is 20.9 Å². The first kappa shape index (κ1) is 21.8. The maximum Gasteiger partial charge on any atom is 0.273 e. The summed E-state index contributed by atoms with van der Waals surface area (Å²) in [6, 6.07) is 15.7. The van der Waals surface area contributed by atoms with E-state index in [-0.39, 0.29) is 21.3 Å². The molecule has 32 heavy (non-hydrogen) atoms. The van der Waals surface area contributed by atoms with Crippen LogP contribution in [0.15, 0.2) is 54.6 Å². The highest BCUT2D eigenvalue weighted by atomic mass is 35.5. The summed E-state index contributed by atoms with van der Waals surface area (Å²) in [6.07, 6.45) is 0. The zero-order valence-electron chi connectivity index (χ0n) is 16.6. The van der Waals surface area contributed by atoms with E-state index in [2.05, 4.69) is 16.2 Å². The van der Waals surface area contributed by atoms with Crippen LogP contribution in [0.2, 0.25) is 5.02 Å². The van der Waals surface area contributed by atoms with E-state index < -0.39 is 11.8 Å². The smallest absolute Gasteiger partial charge is 0.273 e. The lowest BCUT2D eigenvalue weighted by Crippen LogP contribution is -2.48. The topological polar surface area (TPSA) is 99.7 Å². The molecule has 7 nitrogen and oxygen atoms in total. The fraction of sp³-hybridized carbons (Fsp3) is 0.0455. The Morgan fingerprint density at radius 2 is 1.75 bits per heavy atom. The minimum Gasteiger partial charge on any atom is -0.507 e. The first-order chi connectivity index (χ1) is 15.4. The Bertz CT molecular complexity index is 1390. The van der Waals surface area contributed by atoms with Gasteiger partial charge in [-0.05, 0) is 53.3 Å². The number of methoxy groups -OCH3 is 1. The summed E-state index contributed by atoms with van der Waals surface area (Å²) >= 11 is 12.6. The summed E-state index contributed by atoms with van der Waals surface area (Å²) in [5.74, 6) is -0.656. The second kappa shape index (κ2) is 8.99. The third kappa shape index (κ3) is 4.31. The van der Waals surface area contributed by atoms with Crippen LogP contribution in [0.1, 0.15) is 20.0 Å². The predicted octanol–water partition coefficient (Wildman–Crippen LogP) is 4.37. The van der Waals surface area contributed by atoms with Gasteiger partial charge >= 0.3 is 0 Å². The quantitative estimate of drug-likeness (QED) is 0.254. The average Bonchev–Trinajstić information content (AvgIpc) is 3.12. The van der Waals surface area contributed by atoms with Crippen molar-refractivity contribution in [2.75, 3.05) is 7.11 Å². The number of hydrazine groups is 1. The van der Waals surface area contributed by atoms with Gasteiger partial charge in [0.25, 0.3) is 11.8 Å². The molecule has 0 spiro atoms. The van der Waals surface area contributed by atoms with Gasteiger partial charge in [-0.15, -0.1) is 11.3 Å². The Hall–Kier alpha value is -3.40. The van der Waals surface area contributed by atoms with Gasteiger partial charge in [0.1, 0.15) is 16.4 Å². The number of nitrogens with one attached hydrogen (secondary N) is 3. The van der Waals surface area contributed by atoms with E-state index in [0.29, 0.717) is 10.8 Å². The van der Waals surface area contributed by atoms with Gasteiger partial charge in [0.15, 0.2) is 5.11 Å². The number of thiophene rings is 1. The zero-order valence-corrected chi connectivity index (χ0v) is 19.0. The Morgan fingerprint density at radius 3 is 2.47 bits per heavy atom. The SMILES string of the molecule is COc1ccc2c(Cl)c(C(=O)NC(=S)NNC(=O)c3cc4ccccc4cc3O)sc2c1. The molecule has 0 radical (unpaired) electrons. The molecule has 162 valence electrons. The number of ether oxygens (including phenoxy) is 1. The minimum atomic E-state index is -0.614. The second-order valence-corrected chi connectivity index (χ2v) is 8.52. The molecular formula is C22H16ClN3O4S2. The molecule has 0 saturated carbocycles. The van der Waals surface area contributed by atoms with Gasteiger partial charge < -0.3 is 9.84 Å². The number of aromatic hydroxyl groups is 1. The average molecular weight is 486 g/mol. The maximum absolute atomic E-state index is 12.6. The summed E-state index contributed by atoms with van der Waals surface area (Å²) in [5.41, 5.74) is 4.89. The van der Waals surface area contributed by atoms with Gasteiger partial charge in [0.05, 0.1) is 17.7 Å². The molecule has 3 aromatic carbocycles. The third-order valence-electron chi connectivity index (χ3n) is 4.67. The number of hydrogen-bond donors (Lipinski definition) is 4. The molecular weight excluding hydrogens is 470 g/mol. The molecule has 0 aliphatic carbocycles. The molecule has 0 saturated heterocycles. The molecule has 1 heterocycles. The molecule has 0 bridgehead atoms. The number of phenols is 1. The molecule has 0 atom stereocenters. The van der Waals surface area contributed by atoms with Crippen molar-refractivity contribution in [1.29, 1.82) is 0 Å². The number of carbonyl (C=O) groups is 2. The summed E-state index contributed by atoms with van der Waals surface area (Å²) in [5, 5.41) is 15.1. The fourth-order valence-corrected chi connectivity index (χ4v) is 4.69. The van der Waals surface area contributed by atoms with E-state index in [1.165, 1.54) is 17.4 Å². The first-order valence-electron chi connectivity index (χ1n) is 9.27. The van der Waals surface area contributed by atoms with Crippen molar-refractivity contribution in [3.05, 3.63) is 70.1 Å². The van der Waals surface area contributed by atoms with Gasteiger partial charge in [-0.25, -0.2) is 0 Å². The monoisotopic (exact) mass is 485 g/mol. The van der Waals surface area contributed by atoms with Crippen molar-refractivity contribution in [2.45, 2.75) is 0 Å². The number of benzene rings is 3. The number of halogens is 1. The van der Waals surface area contributed by atoms with E-state index in [1.54, 1.807) is 31.4 Å². The summed E-state index contributed by atoms with van der Waals surface area (Å²) in [4.78, 5) is 25.4. The summed E-state index contributed by atoms with van der Waals surface area (Å²) in [7, 11) is 1.56. The predicted molar refractivity (Wildman–Crippen MR) is 130 cm³/mol. The molecule has 4 N–H and O–H groups in total.